The summed E-state index contributed by atoms with van der Waals surface area (Å²) in [6, 6.07) is 36.9. The molecule has 0 fully saturated rings. The van der Waals surface area contributed by atoms with E-state index in [2.05, 4.69) is 17.3 Å². The second-order valence-corrected chi connectivity index (χ2v) is 6.99. The summed E-state index contributed by atoms with van der Waals surface area (Å²) in [4.78, 5) is 19.8. The lowest BCUT2D eigenvalue weighted by molar-refractivity contribution is 0.161. The zero-order valence-electron chi connectivity index (χ0n) is 17.2. The van der Waals surface area contributed by atoms with Crippen molar-refractivity contribution in [1.29, 1.82) is 0 Å². The van der Waals surface area contributed by atoms with Crippen molar-refractivity contribution in [2.75, 3.05) is 4.90 Å². The van der Waals surface area contributed by atoms with Crippen LogP contribution < -0.4 is 4.90 Å². The Morgan fingerprint density at radius 2 is 1.19 bits per heavy atom. The third-order valence-electron chi connectivity index (χ3n) is 4.86. The Morgan fingerprint density at radius 1 is 0.677 bits per heavy atom. The molecule has 31 heavy (non-hydrogen) atoms. The lowest BCUT2D eigenvalue weighted by Gasteiger charge is -2.20. The van der Waals surface area contributed by atoms with Gasteiger partial charge in [-0.3, -0.25) is 4.84 Å². The predicted molar refractivity (Wildman–Crippen MR) is 126 cm³/mol. The molecular formula is C27H22N2O2. The molecule has 1 amide bonds. The van der Waals surface area contributed by atoms with Crippen molar-refractivity contribution in [3.05, 3.63) is 121 Å². The number of para-hydroxylation sites is 2. The highest BCUT2D eigenvalue weighted by atomic mass is 16.7. The van der Waals surface area contributed by atoms with E-state index in [1.54, 1.807) is 0 Å². The molecule has 0 radical (unpaired) electrons. The fraction of sp³-hybridized carbons (Fsp3) is 0.0370. The molecule has 0 N–H and O–H groups in total. The highest BCUT2D eigenvalue weighted by molar-refractivity contribution is 6.01. The zero-order chi connectivity index (χ0) is 21.5. The van der Waals surface area contributed by atoms with Crippen molar-refractivity contribution >= 4 is 23.2 Å². The first-order valence-corrected chi connectivity index (χ1v) is 10.0. The fourth-order valence-corrected chi connectivity index (χ4v) is 3.27. The molecule has 0 atom stereocenters. The topological polar surface area (TPSA) is 41.9 Å². The fourth-order valence-electron chi connectivity index (χ4n) is 3.27. The van der Waals surface area contributed by atoms with Crippen molar-refractivity contribution < 1.29 is 9.63 Å². The van der Waals surface area contributed by atoms with Gasteiger partial charge in [-0.15, -0.1) is 0 Å². The number of carbonyl (C=O) groups is 1. The van der Waals surface area contributed by atoms with Crippen LogP contribution in [0.25, 0.3) is 11.1 Å². The van der Waals surface area contributed by atoms with Gasteiger partial charge in [0.15, 0.2) is 0 Å². The number of oxime groups is 1. The van der Waals surface area contributed by atoms with E-state index in [4.69, 9.17) is 4.84 Å². The summed E-state index contributed by atoms with van der Waals surface area (Å²) in [6.07, 6.45) is -0.573. The first-order chi connectivity index (χ1) is 15.2. The van der Waals surface area contributed by atoms with Crippen LogP contribution in [0.15, 0.2) is 120 Å². The Balaban J connectivity index is 1.57. The normalized spacial score (nSPS) is 11.1. The van der Waals surface area contributed by atoms with E-state index in [1.807, 2.05) is 110 Å². The maximum absolute atomic E-state index is 13.0. The quantitative estimate of drug-likeness (QED) is 0.202. The Kier molecular flexibility index (Phi) is 6.19. The summed E-state index contributed by atoms with van der Waals surface area (Å²) in [6.45, 7) is 1.83. The third-order valence-corrected chi connectivity index (χ3v) is 4.86. The molecule has 0 aromatic heterocycles. The van der Waals surface area contributed by atoms with Crippen LogP contribution in [0.5, 0.6) is 0 Å². The van der Waals surface area contributed by atoms with Crippen molar-refractivity contribution in [3.63, 3.8) is 0 Å². The van der Waals surface area contributed by atoms with Crippen LogP contribution in [0.1, 0.15) is 12.5 Å². The van der Waals surface area contributed by atoms with Gasteiger partial charge in [0.25, 0.3) is 0 Å². The summed E-state index contributed by atoms with van der Waals surface area (Å²) < 4.78 is 0. The van der Waals surface area contributed by atoms with Crippen molar-refractivity contribution in [2.45, 2.75) is 6.92 Å². The minimum atomic E-state index is -0.573. The molecule has 0 aliphatic rings. The number of nitrogens with zero attached hydrogens (tertiary/aromatic N) is 2. The van der Waals surface area contributed by atoms with E-state index in [9.17, 15) is 4.79 Å². The predicted octanol–water partition coefficient (Wildman–Crippen LogP) is 7.05. The molecule has 0 aliphatic heterocycles. The summed E-state index contributed by atoms with van der Waals surface area (Å²) in [7, 11) is 0. The van der Waals surface area contributed by atoms with Crippen molar-refractivity contribution in [2.24, 2.45) is 5.16 Å². The zero-order valence-corrected chi connectivity index (χ0v) is 17.2. The number of amides is 1. The molecule has 4 rings (SSSR count). The molecule has 0 saturated carbocycles. The first kappa shape index (κ1) is 20.1. The molecule has 4 heteroatoms. The van der Waals surface area contributed by atoms with Crippen LogP contribution in [0, 0.1) is 0 Å². The van der Waals surface area contributed by atoms with Gasteiger partial charge in [0.1, 0.15) is 0 Å². The van der Waals surface area contributed by atoms with Crippen LogP contribution in [-0.4, -0.2) is 11.8 Å². The summed E-state index contributed by atoms with van der Waals surface area (Å²) in [5, 5.41) is 4.13. The van der Waals surface area contributed by atoms with Gasteiger partial charge in [0.05, 0.1) is 17.1 Å². The van der Waals surface area contributed by atoms with Crippen LogP contribution >= 0.6 is 0 Å². The summed E-state index contributed by atoms with van der Waals surface area (Å²) in [5.74, 6) is 0. The monoisotopic (exact) mass is 406 g/mol. The van der Waals surface area contributed by atoms with E-state index in [0.717, 1.165) is 16.7 Å². The number of carbonyl (C=O) groups excluding carboxylic acids is 1. The standard InChI is InChI=1S/C27H22N2O2/c1-21(23-14-11-15-24(20-23)22-12-5-2-6-13-22)28-31-27(30)29(25-16-7-3-8-17-25)26-18-9-4-10-19-26/h2-20H,1H3/b28-21+. The van der Waals surface area contributed by atoms with Gasteiger partial charge >= 0.3 is 6.09 Å². The van der Waals surface area contributed by atoms with E-state index in [0.29, 0.717) is 17.1 Å². The van der Waals surface area contributed by atoms with E-state index >= 15 is 0 Å². The average Bonchev–Trinajstić information content (AvgIpc) is 2.85. The molecule has 0 aliphatic carbocycles. The minimum absolute atomic E-state index is 0.573. The smallest absolute Gasteiger partial charge is 0.297 e. The lowest BCUT2D eigenvalue weighted by atomic mass is 10.0. The van der Waals surface area contributed by atoms with Crippen LogP contribution in [0.4, 0.5) is 16.2 Å². The van der Waals surface area contributed by atoms with Gasteiger partial charge in [-0.05, 0) is 53.9 Å². The second-order valence-electron chi connectivity index (χ2n) is 6.99. The number of anilines is 2. The van der Waals surface area contributed by atoms with E-state index in [1.165, 1.54) is 4.90 Å². The highest BCUT2D eigenvalue weighted by Gasteiger charge is 2.19. The largest absolute Gasteiger partial charge is 0.445 e. The molecule has 4 aromatic rings. The first-order valence-electron chi connectivity index (χ1n) is 10.0. The van der Waals surface area contributed by atoms with Crippen LogP contribution in [-0.2, 0) is 4.84 Å². The highest BCUT2D eigenvalue weighted by Crippen LogP contribution is 2.26. The van der Waals surface area contributed by atoms with Gasteiger partial charge in [-0.2, -0.15) is 0 Å². The van der Waals surface area contributed by atoms with Crippen LogP contribution in [0.2, 0.25) is 0 Å². The van der Waals surface area contributed by atoms with Gasteiger partial charge < -0.3 is 0 Å². The second kappa shape index (κ2) is 9.55. The van der Waals surface area contributed by atoms with Crippen molar-refractivity contribution in [3.8, 4) is 11.1 Å². The minimum Gasteiger partial charge on any atom is -0.297 e. The Morgan fingerprint density at radius 3 is 1.77 bits per heavy atom. The Hall–Kier alpha value is -4.18. The number of hydrogen-bond acceptors (Lipinski definition) is 3. The molecule has 0 unspecified atom stereocenters. The average molecular weight is 406 g/mol. The molecule has 152 valence electrons. The van der Waals surface area contributed by atoms with E-state index < -0.39 is 6.09 Å². The molecule has 0 heterocycles. The Labute approximate surface area is 182 Å². The van der Waals surface area contributed by atoms with E-state index in [-0.39, 0.29) is 0 Å². The summed E-state index contributed by atoms with van der Waals surface area (Å²) >= 11 is 0. The molecule has 4 nitrogen and oxygen atoms in total. The maximum Gasteiger partial charge on any atom is 0.445 e. The van der Waals surface area contributed by atoms with Crippen LogP contribution in [0.3, 0.4) is 0 Å². The maximum atomic E-state index is 13.0. The molecule has 0 spiro atoms. The van der Waals surface area contributed by atoms with Gasteiger partial charge in [-0.25, -0.2) is 9.69 Å². The Bertz CT molecular complexity index is 1130. The SMILES string of the molecule is C/C(=N\OC(=O)N(c1ccccc1)c1ccccc1)c1cccc(-c2ccccc2)c1. The summed E-state index contributed by atoms with van der Waals surface area (Å²) in [5.41, 5.74) is 5.12. The third kappa shape index (κ3) is 4.87. The molecule has 0 saturated heterocycles. The molecule has 4 aromatic carbocycles. The number of hydrogen-bond donors (Lipinski definition) is 0. The molecular weight excluding hydrogens is 384 g/mol. The lowest BCUT2D eigenvalue weighted by Crippen LogP contribution is -2.25. The van der Waals surface area contributed by atoms with Gasteiger partial charge in [0.2, 0.25) is 0 Å². The van der Waals surface area contributed by atoms with Gasteiger partial charge in [-0.1, -0.05) is 90.1 Å². The number of benzene rings is 4. The van der Waals surface area contributed by atoms with Gasteiger partial charge in [0, 0.05) is 0 Å². The number of rotatable bonds is 5. The van der Waals surface area contributed by atoms with Crippen molar-refractivity contribution in [1.82, 2.24) is 0 Å². The molecule has 0 bridgehead atoms.